The standard InChI is InChI=1S/C26H39N5O/c1-19-22(12-13-26(32)29-14-6-7-15-29)20(2)31-25(27-19)17-23(28-31)24-11-8-16-30(24)18-21-9-4-3-5-10-21/h17,21,24H,3-16,18H2,1-2H3/t24-/m1/s1. The number of aryl methyl sites for hydroxylation is 2. The molecular formula is C26H39N5O. The highest BCUT2D eigenvalue weighted by Gasteiger charge is 2.31. The second-order valence-corrected chi connectivity index (χ2v) is 10.3. The summed E-state index contributed by atoms with van der Waals surface area (Å²) in [6.07, 6.45) is 13.1. The van der Waals surface area contributed by atoms with E-state index in [1.165, 1.54) is 69.3 Å². The molecule has 2 aromatic heterocycles. The second kappa shape index (κ2) is 9.50. The van der Waals surface area contributed by atoms with Gasteiger partial charge in [0.15, 0.2) is 5.65 Å². The molecule has 32 heavy (non-hydrogen) atoms. The molecule has 5 rings (SSSR count). The molecule has 0 radical (unpaired) electrons. The number of hydrogen-bond donors (Lipinski definition) is 0. The predicted molar refractivity (Wildman–Crippen MR) is 127 cm³/mol. The van der Waals surface area contributed by atoms with Crippen LogP contribution < -0.4 is 0 Å². The first-order valence-corrected chi connectivity index (χ1v) is 13.0. The molecule has 6 nitrogen and oxygen atoms in total. The van der Waals surface area contributed by atoms with Crippen molar-refractivity contribution in [3.05, 3.63) is 28.7 Å². The first-order chi connectivity index (χ1) is 15.6. The zero-order valence-electron chi connectivity index (χ0n) is 20.0. The van der Waals surface area contributed by atoms with Gasteiger partial charge < -0.3 is 4.90 Å². The van der Waals surface area contributed by atoms with E-state index in [0.29, 0.717) is 12.5 Å². The van der Waals surface area contributed by atoms with E-state index in [4.69, 9.17) is 10.1 Å². The van der Waals surface area contributed by atoms with Crippen molar-refractivity contribution in [3.8, 4) is 0 Å². The van der Waals surface area contributed by atoms with Crippen molar-refractivity contribution >= 4 is 11.6 Å². The number of nitrogens with zero attached hydrogens (tertiary/aromatic N) is 5. The molecular weight excluding hydrogens is 398 g/mol. The summed E-state index contributed by atoms with van der Waals surface area (Å²) in [6.45, 7) is 8.51. The van der Waals surface area contributed by atoms with Gasteiger partial charge in [0.2, 0.25) is 5.91 Å². The molecule has 1 amide bonds. The van der Waals surface area contributed by atoms with E-state index in [9.17, 15) is 4.79 Å². The van der Waals surface area contributed by atoms with Gasteiger partial charge >= 0.3 is 0 Å². The van der Waals surface area contributed by atoms with E-state index in [-0.39, 0.29) is 5.91 Å². The summed E-state index contributed by atoms with van der Waals surface area (Å²) in [5.74, 6) is 1.15. The fourth-order valence-electron chi connectivity index (χ4n) is 6.31. The summed E-state index contributed by atoms with van der Waals surface area (Å²) in [5, 5.41) is 5.06. The third kappa shape index (κ3) is 4.43. The van der Waals surface area contributed by atoms with Crippen LogP contribution in [0.3, 0.4) is 0 Å². The minimum absolute atomic E-state index is 0.284. The van der Waals surface area contributed by atoms with E-state index in [0.717, 1.165) is 55.3 Å². The highest BCUT2D eigenvalue weighted by Crippen LogP contribution is 2.35. The number of rotatable bonds is 6. The van der Waals surface area contributed by atoms with Crippen LogP contribution in [-0.4, -0.2) is 56.5 Å². The molecule has 0 N–H and O–H groups in total. The zero-order chi connectivity index (χ0) is 22.1. The molecule has 3 fully saturated rings. The third-order valence-corrected chi connectivity index (χ3v) is 8.15. The number of fused-ring (bicyclic) bond motifs is 1. The van der Waals surface area contributed by atoms with Gasteiger partial charge in [-0.1, -0.05) is 19.3 Å². The molecule has 1 saturated carbocycles. The second-order valence-electron chi connectivity index (χ2n) is 10.3. The first kappa shape index (κ1) is 21.9. The smallest absolute Gasteiger partial charge is 0.222 e. The van der Waals surface area contributed by atoms with E-state index in [2.05, 4.69) is 24.8 Å². The molecule has 2 aromatic rings. The van der Waals surface area contributed by atoms with Gasteiger partial charge in [0.1, 0.15) is 0 Å². The molecule has 0 aromatic carbocycles. The van der Waals surface area contributed by atoms with Crippen LogP contribution in [0.2, 0.25) is 0 Å². The fraction of sp³-hybridized carbons (Fsp3) is 0.731. The maximum atomic E-state index is 12.6. The molecule has 3 aliphatic rings. The quantitative estimate of drug-likeness (QED) is 0.662. The Morgan fingerprint density at radius 3 is 2.56 bits per heavy atom. The summed E-state index contributed by atoms with van der Waals surface area (Å²) in [4.78, 5) is 22.2. The zero-order valence-corrected chi connectivity index (χ0v) is 20.0. The third-order valence-electron chi connectivity index (χ3n) is 8.15. The van der Waals surface area contributed by atoms with E-state index in [1.807, 2.05) is 9.42 Å². The van der Waals surface area contributed by atoms with Crippen molar-refractivity contribution in [2.75, 3.05) is 26.2 Å². The Hall–Kier alpha value is -1.95. The number of amides is 1. The number of carbonyl (C=O) groups is 1. The van der Waals surface area contributed by atoms with Gasteiger partial charge in [-0.05, 0) is 76.8 Å². The highest BCUT2D eigenvalue weighted by molar-refractivity contribution is 5.76. The maximum absolute atomic E-state index is 12.6. The summed E-state index contributed by atoms with van der Waals surface area (Å²) in [5.41, 5.74) is 5.50. The highest BCUT2D eigenvalue weighted by atomic mass is 16.2. The average molecular weight is 438 g/mol. The summed E-state index contributed by atoms with van der Waals surface area (Å²) >= 11 is 0. The normalized spacial score (nSPS) is 22.9. The van der Waals surface area contributed by atoms with E-state index < -0.39 is 0 Å². The average Bonchev–Trinajstić information content (AvgIpc) is 3.55. The SMILES string of the molecule is Cc1nc2cc([C@H]3CCCN3CC3CCCCC3)nn2c(C)c1CCC(=O)N1CCCC1. The predicted octanol–water partition coefficient (Wildman–Crippen LogP) is 4.62. The topological polar surface area (TPSA) is 53.7 Å². The lowest BCUT2D eigenvalue weighted by Crippen LogP contribution is -2.30. The minimum atomic E-state index is 0.284. The van der Waals surface area contributed by atoms with Crippen LogP contribution in [0.15, 0.2) is 6.07 Å². The maximum Gasteiger partial charge on any atom is 0.222 e. The summed E-state index contributed by atoms with van der Waals surface area (Å²) in [7, 11) is 0. The number of likely N-dealkylation sites (tertiary alicyclic amines) is 2. The minimum Gasteiger partial charge on any atom is -0.343 e. The number of carbonyl (C=O) groups excluding carboxylic acids is 1. The van der Waals surface area contributed by atoms with Crippen LogP contribution in [0.25, 0.3) is 5.65 Å². The van der Waals surface area contributed by atoms with Crippen LogP contribution in [0, 0.1) is 19.8 Å². The van der Waals surface area contributed by atoms with Gasteiger partial charge in [0.25, 0.3) is 0 Å². The lowest BCUT2D eigenvalue weighted by molar-refractivity contribution is -0.130. The Kier molecular flexibility index (Phi) is 6.49. The first-order valence-electron chi connectivity index (χ1n) is 13.0. The van der Waals surface area contributed by atoms with Crippen molar-refractivity contribution in [1.29, 1.82) is 0 Å². The van der Waals surface area contributed by atoms with Crippen molar-refractivity contribution in [1.82, 2.24) is 24.4 Å². The van der Waals surface area contributed by atoms with Crippen LogP contribution in [0.4, 0.5) is 0 Å². The number of aromatic nitrogens is 3. The van der Waals surface area contributed by atoms with Crippen LogP contribution in [0.5, 0.6) is 0 Å². The van der Waals surface area contributed by atoms with Crippen molar-refractivity contribution in [2.24, 2.45) is 5.92 Å². The Labute approximate surface area is 192 Å². The monoisotopic (exact) mass is 437 g/mol. The molecule has 174 valence electrons. The van der Waals surface area contributed by atoms with Gasteiger partial charge in [-0.2, -0.15) is 5.10 Å². The van der Waals surface area contributed by atoms with Gasteiger partial charge in [0.05, 0.1) is 11.7 Å². The van der Waals surface area contributed by atoms with Crippen LogP contribution in [-0.2, 0) is 11.2 Å². The Morgan fingerprint density at radius 1 is 1.00 bits per heavy atom. The summed E-state index contributed by atoms with van der Waals surface area (Å²) in [6, 6.07) is 2.64. The molecule has 1 aliphatic carbocycles. The molecule has 4 heterocycles. The molecule has 2 aliphatic heterocycles. The molecule has 1 atom stereocenters. The Balaban J connectivity index is 1.33. The fourth-order valence-corrected chi connectivity index (χ4v) is 6.31. The van der Waals surface area contributed by atoms with Gasteiger partial charge in [-0.25, -0.2) is 9.50 Å². The van der Waals surface area contributed by atoms with Gasteiger partial charge in [-0.15, -0.1) is 0 Å². The molecule has 0 unspecified atom stereocenters. The molecule has 2 saturated heterocycles. The molecule has 0 bridgehead atoms. The Morgan fingerprint density at radius 2 is 1.78 bits per heavy atom. The van der Waals surface area contributed by atoms with Gasteiger partial charge in [0, 0.05) is 43.5 Å². The summed E-state index contributed by atoms with van der Waals surface area (Å²) < 4.78 is 2.04. The van der Waals surface area contributed by atoms with E-state index >= 15 is 0 Å². The van der Waals surface area contributed by atoms with Crippen LogP contribution in [0.1, 0.15) is 92.9 Å². The largest absolute Gasteiger partial charge is 0.343 e. The molecule has 6 heteroatoms. The lowest BCUT2D eigenvalue weighted by atomic mass is 9.89. The number of hydrogen-bond acceptors (Lipinski definition) is 4. The van der Waals surface area contributed by atoms with E-state index in [1.54, 1.807) is 0 Å². The van der Waals surface area contributed by atoms with Crippen molar-refractivity contribution in [2.45, 2.75) is 90.5 Å². The van der Waals surface area contributed by atoms with Crippen LogP contribution >= 0.6 is 0 Å². The van der Waals surface area contributed by atoms with Crippen molar-refractivity contribution in [3.63, 3.8) is 0 Å². The Bertz CT molecular complexity index is 955. The van der Waals surface area contributed by atoms with Crippen molar-refractivity contribution < 1.29 is 4.79 Å². The van der Waals surface area contributed by atoms with Gasteiger partial charge in [-0.3, -0.25) is 9.69 Å². The lowest BCUT2D eigenvalue weighted by Gasteiger charge is -2.30. The molecule has 0 spiro atoms.